The second-order valence-electron chi connectivity index (χ2n) is 7.45. The number of halogens is 1. The van der Waals surface area contributed by atoms with Gasteiger partial charge in [0.25, 0.3) is 0 Å². The van der Waals surface area contributed by atoms with Gasteiger partial charge in [-0.25, -0.2) is 22.0 Å². The van der Waals surface area contributed by atoms with Gasteiger partial charge in [-0.3, -0.25) is 4.79 Å². The van der Waals surface area contributed by atoms with Gasteiger partial charge in [0.15, 0.2) is 0 Å². The lowest BCUT2D eigenvalue weighted by Crippen LogP contribution is -2.45. The normalized spacial score (nSPS) is 12.7. The van der Waals surface area contributed by atoms with Gasteiger partial charge in [-0.05, 0) is 61.4 Å². The van der Waals surface area contributed by atoms with Crippen molar-refractivity contribution in [1.82, 2.24) is 4.72 Å². The molecule has 0 heterocycles. The minimum absolute atomic E-state index is 0.0614. The summed E-state index contributed by atoms with van der Waals surface area (Å²) in [7, 11) is -8.04. The van der Waals surface area contributed by atoms with E-state index >= 15 is 0 Å². The molecule has 0 aliphatic heterocycles. The molecule has 4 N–H and O–H groups in total. The van der Waals surface area contributed by atoms with Gasteiger partial charge in [-0.15, -0.1) is 0 Å². The van der Waals surface area contributed by atoms with Crippen LogP contribution in [0.4, 0.5) is 5.69 Å². The van der Waals surface area contributed by atoms with E-state index in [1.807, 2.05) is 0 Å². The Kier molecular flexibility index (Phi) is 8.51. The van der Waals surface area contributed by atoms with Crippen LogP contribution in [0.15, 0.2) is 82.6 Å². The Hall–Kier alpha value is -2.96. The summed E-state index contributed by atoms with van der Waals surface area (Å²) >= 11 is 6.15. The molecule has 0 fully saturated rings. The van der Waals surface area contributed by atoms with Crippen LogP contribution in [-0.4, -0.2) is 35.4 Å². The zero-order chi connectivity index (χ0) is 25.6. The van der Waals surface area contributed by atoms with E-state index in [2.05, 4.69) is 10.0 Å². The number of amides is 1. The van der Waals surface area contributed by atoms with Gasteiger partial charge in [0.1, 0.15) is 11.8 Å². The maximum atomic E-state index is 13.1. The highest BCUT2D eigenvalue weighted by Crippen LogP contribution is 2.27. The molecule has 35 heavy (non-hydrogen) atoms. The maximum absolute atomic E-state index is 13.1. The molecule has 0 bridgehead atoms. The first-order valence-corrected chi connectivity index (χ1v) is 13.8. The molecule has 0 saturated carbocycles. The number of anilines is 1. The van der Waals surface area contributed by atoms with Crippen LogP contribution in [0.2, 0.25) is 5.02 Å². The Labute approximate surface area is 209 Å². The van der Waals surface area contributed by atoms with Crippen LogP contribution >= 0.6 is 11.6 Å². The third-order valence-electron chi connectivity index (χ3n) is 4.86. The molecule has 0 radical (unpaired) electrons. The smallest absolute Gasteiger partial charge is 0.242 e. The molecule has 0 unspecified atom stereocenters. The predicted octanol–water partition coefficient (Wildman–Crippen LogP) is 2.91. The van der Waals surface area contributed by atoms with Crippen LogP contribution in [0.25, 0.3) is 0 Å². The minimum Gasteiger partial charge on any atom is -0.492 e. The van der Waals surface area contributed by atoms with E-state index in [-0.39, 0.29) is 26.9 Å². The number of carbonyl (C=O) groups is 1. The van der Waals surface area contributed by atoms with Gasteiger partial charge in [0.05, 0.1) is 21.4 Å². The number of sulfonamides is 2. The van der Waals surface area contributed by atoms with Crippen LogP contribution in [0.1, 0.15) is 12.5 Å². The summed E-state index contributed by atoms with van der Waals surface area (Å²) in [6.07, 6.45) is 0.0614. The molecule has 0 aromatic heterocycles. The van der Waals surface area contributed by atoms with Gasteiger partial charge < -0.3 is 10.1 Å². The van der Waals surface area contributed by atoms with Gasteiger partial charge in [-0.1, -0.05) is 41.9 Å². The van der Waals surface area contributed by atoms with Crippen molar-refractivity contribution < 1.29 is 26.4 Å². The Balaban J connectivity index is 1.86. The highest BCUT2D eigenvalue weighted by atomic mass is 35.5. The van der Waals surface area contributed by atoms with Crippen LogP contribution < -0.4 is 19.9 Å². The molecule has 3 rings (SSSR count). The molecule has 0 aliphatic rings. The van der Waals surface area contributed by atoms with Crippen molar-refractivity contribution in [2.45, 2.75) is 29.2 Å². The van der Waals surface area contributed by atoms with Crippen molar-refractivity contribution in [3.05, 3.63) is 83.4 Å². The van der Waals surface area contributed by atoms with Crippen LogP contribution in [0.5, 0.6) is 5.75 Å². The van der Waals surface area contributed by atoms with Crippen LogP contribution in [0, 0.1) is 0 Å². The summed E-state index contributed by atoms with van der Waals surface area (Å²) in [4.78, 5) is 12.8. The fraction of sp³-hybridized carbons (Fsp3) is 0.174. The molecule has 0 spiro atoms. The summed E-state index contributed by atoms with van der Waals surface area (Å²) in [5, 5.41) is 7.82. The largest absolute Gasteiger partial charge is 0.492 e. The van der Waals surface area contributed by atoms with Gasteiger partial charge in [-0.2, -0.15) is 4.72 Å². The number of rotatable bonds is 10. The third kappa shape index (κ3) is 7.26. The van der Waals surface area contributed by atoms with E-state index in [1.54, 1.807) is 37.3 Å². The second-order valence-corrected chi connectivity index (χ2v) is 11.1. The highest BCUT2D eigenvalue weighted by Gasteiger charge is 2.27. The van der Waals surface area contributed by atoms with Gasteiger partial charge in [0, 0.05) is 5.69 Å². The zero-order valence-corrected chi connectivity index (χ0v) is 21.0. The molecule has 12 heteroatoms. The Morgan fingerprint density at radius 1 is 0.971 bits per heavy atom. The number of ether oxygens (including phenoxy) is 1. The summed E-state index contributed by atoms with van der Waals surface area (Å²) < 4.78 is 56.9. The average Bonchev–Trinajstić information content (AvgIpc) is 2.80. The lowest BCUT2D eigenvalue weighted by molar-refractivity contribution is -0.117. The summed E-state index contributed by atoms with van der Waals surface area (Å²) in [6, 6.07) is 16.9. The van der Waals surface area contributed by atoms with Crippen molar-refractivity contribution in [3.63, 3.8) is 0 Å². The van der Waals surface area contributed by atoms with E-state index in [1.165, 1.54) is 42.5 Å². The first-order chi connectivity index (χ1) is 16.5. The van der Waals surface area contributed by atoms with Crippen molar-refractivity contribution in [2.75, 3.05) is 11.9 Å². The monoisotopic (exact) mass is 537 g/mol. The predicted molar refractivity (Wildman–Crippen MR) is 133 cm³/mol. The number of benzene rings is 3. The van der Waals surface area contributed by atoms with Crippen molar-refractivity contribution in [1.29, 1.82) is 0 Å². The molecule has 0 aliphatic carbocycles. The highest BCUT2D eigenvalue weighted by molar-refractivity contribution is 7.89. The van der Waals surface area contributed by atoms with Crippen molar-refractivity contribution in [2.24, 2.45) is 5.14 Å². The van der Waals surface area contributed by atoms with Gasteiger partial charge >= 0.3 is 0 Å². The molecule has 3 aromatic rings. The van der Waals surface area contributed by atoms with Crippen LogP contribution in [-0.2, 0) is 31.3 Å². The van der Waals surface area contributed by atoms with E-state index in [4.69, 9.17) is 21.5 Å². The topological polar surface area (TPSA) is 145 Å². The molecular weight excluding hydrogens is 514 g/mol. The molecule has 1 amide bonds. The number of primary sulfonamides is 1. The Bertz CT molecular complexity index is 1400. The average molecular weight is 538 g/mol. The van der Waals surface area contributed by atoms with Crippen LogP contribution in [0.3, 0.4) is 0 Å². The number of hydrogen-bond donors (Lipinski definition) is 3. The summed E-state index contributed by atoms with van der Waals surface area (Å²) in [5.74, 6) is -0.299. The number of hydrogen-bond acceptors (Lipinski definition) is 6. The summed E-state index contributed by atoms with van der Waals surface area (Å²) in [6.45, 7) is 2.14. The Morgan fingerprint density at radius 3 is 2.17 bits per heavy atom. The second kappa shape index (κ2) is 11.2. The minimum atomic E-state index is -4.14. The third-order valence-corrected chi connectivity index (χ3v) is 7.55. The molecular formula is C23H24ClN3O6S2. The first kappa shape index (κ1) is 26.6. The SMILES string of the molecule is CCOc1ccc(S(=O)(=O)N[C@H](Cc2ccccc2)C(=O)Nc2ccc(S(N)(=O)=O)cc2)cc1Cl. The van der Waals surface area contributed by atoms with E-state index in [9.17, 15) is 21.6 Å². The van der Waals surface area contributed by atoms with E-state index in [0.717, 1.165) is 5.56 Å². The molecule has 1 atom stereocenters. The maximum Gasteiger partial charge on any atom is 0.242 e. The lowest BCUT2D eigenvalue weighted by Gasteiger charge is -2.19. The molecule has 0 saturated heterocycles. The summed E-state index contributed by atoms with van der Waals surface area (Å²) in [5.41, 5.74) is 0.994. The number of nitrogens with one attached hydrogen (secondary N) is 2. The quantitative estimate of drug-likeness (QED) is 0.362. The van der Waals surface area contributed by atoms with E-state index in [0.29, 0.717) is 12.4 Å². The number of nitrogens with two attached hydrogens (primary N) is 1. The fourth-order valence-electron chi connectivity index (χ4n) is 3.17. The van der Waals surface area contributed by atoms with Crippen molar-refractivity contribution >= 4 is 43.2 Å². The van der Waals surface area contributed by atoms with Crippen molar-refractivity contribution in [3.8, 4) is 5.75 Å². The lowest BCUT2D eigenvalue weighted by atomic mass is 10.1. The zero-order valence-electron chi connectivity index (χ0n) is 18.6. The molecule has 3 aromatic carbocycles. The molecule has 9 nitrogen and oxygen atoms in total. The Morgan fingerprint density at radius 2 is 1.60 bits per heavy atom. The number of carbonyl (C=O) groups excluding carboxylic acids is 1. The fourth-order valence-corrected chi connectivity index (χ4v) is 5.21. The molecule has 186 valence electrons. The standard InChI is InChI=1S/C23H24ClN3O6S2/c1-2-33-22-13-12-19(15-20(22)24)35(31,32)27-21(14-16-6-4-3-5-7-16)23(28)26-17-8-10-18(11-9-17)34(25,29)30/h3-13,15,21,27H,2,14H2,1H3,(H,26,28)(H2,25,29,30)/t21-/m1/s1. The first-order valence-electron chi connectivity index (χ1n) is 10.4. The van der Waals surface area contributed by atoms with Gasteiger partial charge in [0.2, 0.25) is 26.0 Å². The van der Waals surface area contributed by atoms with E-state index < -0.39 is 32.0 Å².